The van der Waals surface area contributed by atoms with Gasteiger partial charge in [0.25, 0.3) is 0 Å². The molecular formula is C11H10ClFN4O. The number of hydrogen-bond donors (Lipinski definition) is 3. The first-order valence-electron chi connectivity index (χ1n) is 5.06. The number of halogens is 2. The molecule has 0 atom stereocenters. The van der Waals surface area contributed by atoms with Gasteiger partial charge in [-0.3, -0.25) is 0 Å². The third kappa shape index (κ3) is 2.98. The highest BCUT2D eigenvalue weighted by Crippen LogP contribution is 2.18. The van der Waals surface area contributed by atoms with Gasteiger partial charge in [-0.2, -0.15) is 4.98 Å². The van der Waals surface area contributed by atoms with Crippen LogP contribution in [0.25, 0.3) is 0 Å². The first kappa shape index (κ1) is 12.4. The van der Waals surface area contributed by atoms with E-state index in [1.165, 1.54) is 18.2 Å². The van der Waals surface area contributed by atoms with Crippen molar-refractivity contribution < 1.29 is 9.50 Å². The van der Waals surface area contributed by atoms with Crippen LogP contribution in [0.3, 0.4) is 0 Å². The van der Waals surface area contributed by atoms with Gasteiger partial charge in [0.1, 0.15) is 11.0 Å². The molecule has 18 heavy (non-hydrogen) atoms. The molecule has 0 amide bonds. The van der Waals surface area contributed by atoms with E-state index in [9.17, 15) is 4.39 Å². The summed E-state index contributed by atoms with van der Waals surface area (Å²) >= 11 is 5.71. The van der Waals surface area contributed by atoms with Gasteiger partial charge in [0.15, 0.2) is 11.6 Å². The molecule has 7 heteroatoms. The van der Waals surface area contributed by atoms with Gasteiger partial charge in [0, 0.05) is 12.6 Å². The average Bonchev–Trinajstić information content (AvgIpc) is 2.29. The maximum Gasteiger partial charge on any atom is 0.223 e. The Kier molecular flexibility index (Phi) is 3.47. The number of aromatic nitrogens is 2. The molecule has 94 valence electrons. The van der Waals surface area contributed by atoms with Crippen LogP contribution in [0.2, 0.25) is 5.15 Å². The van der Waals surface area contributed by atoms with Crippen LogP contribution in [0.1, 0.15) is 5.56 Å². The standard InChI is InChI=1S/C11H10ClFN4O/c12-9-4-10(17-11(14)16-9)15-5-6-1-2-8(18)7(13)3-6/h1-4,18H,5H2,(H3,14,15,16,17). The number of nitrogens with one attached hydrogen (secondary N) is 1. The van der Waals surface area contributed by atoms with E-state index < -0.39 is 5.82 Å². The van der Waals surface area contributed by atoms with Crippen LogP contribution in [0.4, 0.5) is 16.2 Å². The van der Waals surface area contributed by atoms with E-state index in [2.05, 4.69) is 15.3 Å². The number of phenolic OH excluding ortho intramolecular Hbond substituents is 1. The van der Waals surface area contributed by atoms with E-state index in [1.54, 1.807) is 6.07 Å². The number of nitrogen functional groups attached to an aromatic ring is 1. The Morgan fingerprint density at radius 1 is 1.33 bits per heavy atom. The Hall–Kier alpha value is -2.08. The van der Waals surface area contributed by atoms with Crippen LogP contribution < -0.4 is 11.1 Å². The second-order valence-corrected chi connectivity index (χ2v) is 3.96. The van der Waals surface area contributed by atoms with Crippen LogP contribution in [-0.4, -0.2) is 15.1 Å². The number of hydrogen-bond acceptors (Lipinski definition) is 5. The molecule has 1 aromatic heterocycles. The highest BCUT2D eigenvalue weighted by molar-refractivity contribution is 6.29. The van der Waals surface area contributed by atoms with E-state index in [1.807, 2.05) is 0 Å². The van der Waals surface area contributed by atoms with Gasteiger partial charge >= 0.3 is 0 Å². The number of nitrogens with zero attached hydrogens (tertiary/aromatic N) is 2. The number of anilines is 2. The van der Waals surface area contributed by atoms with Crippen LogP contribution in [-0.2, 0) is 6.54 Å². The summed E-state index contributed by atoms with van der Waals surface area (Å²) in [5.41, 5.74) is 6.08. The lowest BCUT2D eigenvalue weighted by atomic mass is 10.2. The van der Waals surface area contributed by atoms with E-state index in [4.69, 9.17) is 22.4 Å². The van der Waals surface area contributed by atoms with Crippen molar-refractivity contribution in [3.63, 3.8) is 0 Å². The normalized spacial score (nSPS) is 10.3. The quantitative estimate of drug-likeness (QED) is 0.743. The fourth-order valence-electron chi connectivity index (χ4n) is 1.38. The Balaban J connectivity index is 2.08. The smallest absolute Gasteiger partial charge is 0.223 e. The molecule has 0 radical (unpaired) electrons. The molecule has 0 fully saturated rings. The lowest BCUT2D eigenvalue weighted by Gasteiger charge is -2.07. The molecule has 0 bridgehead atoms. The van der Waals surface area contributed by atoms with Gasteiger partial charge in [-0.25, -0.2) is 9.37 Å². The molecule has 4 N–H and O–H groups in total. The van der Waals surface area contributed by atoms with Crippen LogP contribution in [0, 0.1) is 5.82 Å². The average molecular weight is 269 g/mol. The summed E-state index contributed by atoms with van der Waals surface area (Å²) in [6.45, 7) is 0.323. The number of aromatic hydroxyl groups is 1. The van der Waals surface area contributed by atoms with Crippen molar-refractivity contribution in [3.05, 3.63) is 40.8 Å². The molecule has 0 aliphatic heterocycles. The van der Waals surface area contributed by atoms with Crippen molar-refractivity contribution in [1.82, 2.24) is 9.97 Å². The fraction of sp³-hybridized carbons (Fsp3) is 0.0909. The summed E-state index contributed by atoms with van der Waals surface area (Å²) in [5.74, 6) is -0.550. The minimum Gasteiger partial charge on any atom is -0.505 e. The first-order valence-corrected chi connectivity index (χ1v) is 5.44. The molecule has 1 heterocycles. The highest BCUT2D eigenvalue weighted by Gasteiger charge is 2.03. The monoisotopic (exact) mass is 268 g/mol. The summed E-state index contributed by atoms with van der Waals surface area (Å²) in [6.07, 6.45) is 0. The largest absolute Gasteiger partial charge is 0.505 e. The van der Waals surface area contributed by atoms with Gasteiger partial charge in [0.05, 0.1) is 0 Å². The molecule has 2 rings (SSSR count). The Labute approximate surface area is 107 Å². The summed E-state index contributed by atoms with van der Waals surface area (Å²) < 4.78 is 13.1. The summed E-state index contributed by atoms with van der Waals surface area (Å²) in [4.78, 5) is 7.63. The lowest BCUT2D eigenvalue weighted by Crippen LogP contribution is -2.04. The molecule has 0 aliphatic rings. The SMILES string of the molecule is Nc1nc(Cl)cc(NCc2ccc(O)c(F)c2)n1. The summed E-state index contributed by atoms with van der Waals surface area (Å²) in [7, 11) is 0. The molecule has 0 saturated heterocycles. The zero-order chi connectivity index (χ0) is 13.1. The maximum absolute atomic E-state index is 13.1. The van der Waals surface area contributed by atoms with E-state index in [-0.39, 0.29) is 16.9 Å². The minimum atomic E-state index is -0.672. The van der Waals surface area contributed by atoms with Gasteiger partial charge in [-0.05, 0) is 17.7 Å². The van der Waals surface area contributed by atoms with Gasteiger partial charge in [-0.15, -0.1) is 0 Å². The summed E-state index contributed by atoms with van der Waals surface area (Å²) in [5, 5.41) is 12.2. The van der Waals surface area contributed by atoms with Crippen molar-refractivity contribution in [3.8, 4) is 5.75 Å². The number of rotatable bonds is 3. The van der Waals surface area contributed by atoms with E-state index >= 15 is 0 Å². The maximum atomic E-state index is 13.1. The zero-order valence-corrected chi connectivity index (χ0v) is 9.95. The predicted molar refractivity (Wildman–Crippen MR) is 66.8 cm³/mol. The lowest BCUT2D eigenvalue weighted by molar-refractivity contribution is 0.432. The second kappa shape index (κ2) is 5.05. The molecule has 1 aromatic carbocycles. The molecule has 2 aromatic rings. The van der Waals surface area contributed by atoms with Crippen LogP contribution in [0.15, 0.2) is 24.3 Å². The zero-order valence-electron chi connectivity index (χ0n) is 9.19. The molecule has 0 saturated carbocycles. The highest BCUT2D eigenvalue weighted by atomic mass is 35.5. The van der Waals surface area contributed by atoms with Gasteiger partial charge < -0.3 is 16.2 Å². The molecule has 0 aliphatic carbocycles. The molecular weight excluding hydrogens is 259 g/mol. The fourth-order valence-corrected chi connectivity index (χ4v) is 1.57. The van der Waals surface area contributed by atoms with Gasteiger partial charge in [0.2, 0.25) is 5.95 Å². The van der Waals surface area contributed by atoms with Crippen molar-refractivity contribution in [2.24, 2.45) is 0 Å². The topological polar surface area (TPSA) is 84.1 Å². The predicted octanol–water partition coefficient (Wildman–Crippen LogP) is 2.17. The molecule has 0 spiro atoms. The van der Waals surface area contributed by atoms with E-state index in [0.717, 1.165) is 0 Å². The first-order chi connectivity index (χ1) is 8.54. The van der Waals surface area contributed by atoms with Crippen molar-refractivity contribution in [2.45, 2.75) is 6.54 Å². The van der Waals surface area contributed by atoms with Crippen molar-refractivity contribution >= 4 is 23.4 Å². The molecule has 0 unspecified atom stereocenters. The minimum absolute atomic E-state index is 0.0573. The van der Waals surface area contributed by atoms with Crippen molar-refractivity contribution in [2.75, 3.05) is 11.1 Å². The number of nitrogens with two attached hydrogens (primary N) is 1. The van der Waals surface area contributed by atoms with Gasteiger partial charge in [-0.1, -0.05) is 17.7 Å². The van der Waals surface area contributed by atoms with Crippen LogP contribution in [0.5, 0.6) is 5.75 Å². The Morgan fingerprint density at radius 2 is 2.11 bits per heavy atom. The summed E-state index contributed by atoms with van der Waals surface area (Å²) in [6, 6.07) is 5.62. The Bertz CT molecular complexity index is 559. The third-order valence-electron chi connectivity index (χ3n) is 2.20. The Morgan fingerprint density at radius 3 is 2.78 bits per heavy atom. The van der Waals surface area contributed by atoms with E-state index in [0.29, 0.717) is 17.9 Å². The van der Waals surface area contributed by atoms with Crippen LogP contribution >= 0.6 is 11.6 Å². The third-order valence-corrected chi connectivity index (χ3v) is 2.39. The number of phenols is 1. The molecule has 5 nitrogen and oxygen atoms in total. The second-order valence-electron chi connectivity index (χ2n) is 3.57. The number of benzene rings is 1. The van der Waals surface area contributed by atoms with Crippen molar-refractivity contribution in [1.29, 1.82) is 0 Å².